The van der Waals surface area contributed by atoms with Crippen molar-refractivity contribution in [3.63, 3.8) is 0 Å². The molecular weight excluding hydrogens is 424 g/mol. The first kappa shape index (κ1) is 21.7. The zero-order valence-corrected chi connectivity index (χ0v) is 18.5. The normalized spacial score (nSPS) is 19.1. The molecule has 3 atom stereocenters. The molecule has 1 fully saturated rings. The Morgan fingerprint density at radius 3 is 2.03 bits per heavy atom. The Morgan fingerprint density at radius 2 is 1.29 bits per heavy atom. The van der Waals surface area contributed by atoms with E-state index in [1.165, 1.54) is 0 Å². The first-order valence-electron chi connectivity index (χ1n) is 11.4. The summed E-state index contributed by atoms with van der Waals surface area (Å²) in [5.41, 5.74) is 4.80. The molecule has 1 saturated carbocycles. The van der Waals surface area contributed by atoms with Gasteiger partial charge in [0.15, 0.2) is 0 Å². The summed E-state index contributed by atoms with van der Waals surface area (Å²) >= 11 is 0. The maximum absolute atomic E-state index is 13.2. The molecular formula is C30H24O4. The van der Waals surface area contributed by atoms with Crippen molar-refractivity contribution in [3.8, 4) is 28.0 Å². The smallest absolute Gasteiger partial charge is 0.315 e. The highest BCUT2D eigenvalue weighted by atomic mass is 16.5. The van der Waals surface area contributed by atoms with E-state index in [1.807, 2.05) is 78.9 Å². The van der Waals surface area contributed by atoms with Gasteiger partial charge in [0.25, 0.3) is 0 Å². The molecule has 5 rings (SSSR count). The fraction of sp³-hybridized carbons (Fsp3) is 0.133. The molecule has 0 amide bonds. The quantitative estimate of drug-likeness (QED) is 0.273. The number of ether oxygens (including phenoxy) is 1. The van der Waals surface area contributed by atoms with Gasteiger partial charge >= 0.3 is 11.9 Å². The molecule has 4 heteroatoms. The van der Waals surface area contributed by atoms with E-state index >= 15 is 0 Å². The summed E-state index contributed by atoms with van der Waals surface area (Å²) in [6, 6.07) is 35.1. The minimum atomic E-state index is -0.879. The summed E-state index contributed by atoms with van der Waals surface area (Å²) in [7, 11) is 0. The Hall–Kier alpha value is -4.18. The Kier molecular flexibility index (Phi) is 5.96. The third-order valence-electron chi connectivity index (χ3n) is 6.56. The number of rotatable bonds is 6. The van der Waals surface area contributed by atoms with Gasteiger partial charge in [0.05, 0.1) is 11.8 Å². The number of benzene rings is 4. The van der Waals surface area contributed by atoms with Crippen LogP contribution in [0.5, 0.6) is 5.75 Å². The summed E-state index contributed by atoms with van der Waals surface area (Å²) in [5, 5.41) is 9.61. The monoisotopic (exact) mass is 448 g/mol. The molecule has 0 aliphatic heterocycles. The molecule has 0 radical (unpaired) electrons. The average Bonchev–Trinajstić information content (AvgIpc) is 2.85. The van der Waals surface area contributed by atoms with E-state index in [-0.39, 0.29) is 12.3 Å². The molecule has 4 aromatic rings. The van der Waals surface area contributed by atoms with Crippen molar-refractivity contribution in [3.05, 3.63) is 115 Å². The first-order valence-corrected chi connectivity index (χ1v) is 11.4. The van der Waals surface area contributed by atoms with Crippen molar-refractivity contribution in [2.45, 2.75) is 12.3 Å². The van der Waals surface area contributed by atoms with Crippen molar-refractivity contribution >= 4 is 11.9 Å². The van der Waals surface area contributed by atoms with Gasteiger partial charge in [-0.25, -0.2) is 0 Å². The number of aliphatic carboxylic acids is 1. The minimum absolute atomic E-state index is 0.277. The molecule has 34 heavy (non-hydrogen) atoms. The molecule has 0 unspecified atom stereocenters. The van der Waals surface area contributed by atoms with Crippen molar-refractivity contribution in [1.82, 2.24) is 0 Å². The van der Waals surface area contributed by atoms with Crippen LogP contribution < -0.4 is 4.74 Å². The predicted molar refractivity (Wildman–Crippen MR) is 131 cm³/mol. The van der Waals surface area contributed by atoms with Crippen LogP contribution >= 0.6 is 0 Å². The summed E-state index contributed by atoms with van der Waals surface area (Å²) in [4.78, 5) is 24.9. The van der Waals surface area contributed by atoms with Crippen LogP contribution in [0.15, 0.2) is 109 Å². The first-order chi connectivity index (χ1) is 16.6. The van der Waals surface area contributed by atoms with Gasteiger partial charge in [-0.2, -0.15) is 0 Å². The maximum atomic E-state index is 13.2. The van der Waals surface area contributed by atoms with E-state index in [0.29, 0.717) is 5.75 Å². The van der Waals surface area contributed by atoms with E-state index in [1.54, 1.807) is 6.07 Å². The second kappa shape index (κ2) is 9.36. The number of carboxylic acids is 1. The highest BCUT2D eigenvalue weighted by molar-refractivity contribution is 5.85. The van der Waals surface area contributed by atoms with E-state index in [4.69, 9.17) is 4.74 Å². The molecule has 0 aromatic heterocycles. The second-order valence-electron chi connectivity index (χ2n) is 8.59. The third-order valence-corrected chi connectivity index (χ3v) is 6.56. The Bertz CT molecular complexity index is 1310. The van der Waals surface area contributed by atoms with Crippen molar-refractivity contribution in [2.24, 2.45) is 11.8 Å². The lowest BCUT2D eigenvalue weighted by molar-refractivity contribution is -0.155. The van der Waals surface area contributed by atoms with Gasteiger partial charge in [-0.15, -0.1) is 0 Å². The summed E-state index contributed by atoms with van der Waals surface area (Å²) in [6.45, 7) is 0. The molecule has 0 saturated heterocycles. The fourth-order valence-corrected chi connectivity index (χ4v) is 4.76. The highest BCUT2D eigenvalue weighted by Crippen LogP contribution is 2.49. The third kappa shape index (κ3) is 4.23. The summed E-state index contributed by atoms with van der Waals surface area (Å²) in [6.07, 6.45) is 0.277. The molecule has 0 heterocycles. The molecule has 4 nitrogen and oxygen atoms in total. The van der Waals surface area contributed by atoms with Crippen LogP contribution in [0.3, 0.4) is 0 Å². The van der Waals surface area contributed by atoms with Gasteiger partial charge in [0, 0.05) is 11.5 Å². The van der Waals surface area contributed by atoms with Gasteiger partial charge < -0.3 is 9.84 Å². The molecule has 168 valence electrons. The van der Waals surface area contributed by atoms with Crippen LogP contribution in [0, 0.1) is 11.8 Å². The van der Waals surface area contributed by atoms with E-state index < -0.39 is 23.8 Å². The maximum Gasteiger partial charge on any atom is 0.315 e. The van der Waals surface area contributed by atoms with Crippen LogP contribution in [0.25, 0.3) is 22.3 Å². The number of carboxylic acid groups (broad SMARTS) is 1. The zero-order chi connectivity index (χ0) is 23.5. The SMILES string of the molecule is O=C(O)[C@@H]1C[C@@H](C(=O)Oc2ccccc2-c2cccc(-c3ccccc3)c2)[C@H]1c1ccccc1. The van der Waals surface area contributed by atoms with Gasteiger partial charge in [0.1, 0.15) is 5.75 Å². The average molecular weight is 449 g/mol. The van der Waals surface area contributed by atoms with Crippen molar-refractivity contribution < 1.29 is 19.4 Å². The standard InChI is InChI=1S/C30H24O4/c31-29(32)25-19-26(28(25)21-12-5-2-6-13-21)30(33)34-27-17-8-7-16-24(27)23-15-9-14-22(18-23)20-10-3-1-4-11-20/h1-18,25-26,28H,19H2,(H,31,32)/t25-,26-,28+/m1/s1. The molecule has 0 spiro atoms. The minimum Gasteiger partial charge on any atom is -0.481 e. The number of hydrogen-bond donors (Lipinski definition) is 1. The van der Waals surface area contributed by atoms with Crippen LogP contribution in [0.2, 0.25) is 0 Å². The van der Waals surface area contributed by atoms with E-state index in [0.717, 1.165) is 27.8 Å². The second-order valence-corrected chi connectivity index (χ2v) is 8.59. The Morgan fingerprint density at radius 1 is 0.676 bits per heavy atom. The molecule has 1 aliphatic rings. The van der Waals surface area contributed by atoms with Gasteiger partial charge in [-0.1, -0.05) is 97.1 Å². The van der Waals surface area contributed by atoms with Gasteiger partial charge in [-0.05, 0) is 40.8 Å². The van der Waals surface area contributed by atoms with E-state index in [2.05, 4.69) is 24.3 Å². The van der Waals surface area contributed by atoms with Crippen molar-refractivity contribution in [2.75, 3.05) is 0 Å². The highest BCUT2D eigenvalue weighted by Gasteiger charge is 2.50. The van der Waals surface area contributed by atoms with Gasteiger partial charge in [-0.3, -0.25) is 9.59 Å². The molecule has 4 aromatic carbocycles. The predicted octanol–water partition coefficient (Wildman–Crippen LogP) is 6.43. The topological polar surface area (TPSA) is 63.6 Å². The van der Waals surface area contributed by atoms with E-state index in [9.17, 15) is 14.7 Å². The lowest BCUT2D eigenvalue weighted by atomic mass is 9.62. The summed E-state index contributed by atoms with van der Waals surface area (Å²) in [5.74, 6) is -2.26. The number of carbonyl (C=O) groups excluding carboxylic acids is 1. The number of para-hydroxylation sites is 1. The van der Waals surface area contributed by atoms with Crippen LogP contribution in [-0.2, 0) is 9.59 Å². The number of hydrogen-bond acceptors (Lipinski definition) is 3. The van der Waals surface area contributed by atoms with Crippen LogP contribution in [-0.4, -0.2) is 17.0 Å². The lowest BCUT2D eigenvalue weighted by Crippen LogP contribution is -2.45. The van der Waals surface area contributed by atoms with Crippen LogP contribution in [0.4, 0.5) is 0 Å². The zero-order valence-electron chi connectivity index (χ0n) is 18.5. The molecule has 1 N–H and O–H groups in total. The molecule has 1 aliphatic carbocycles. The van der Waals surface area contributed by atoms with Crippen molar-refractivity contribution in [1.29, 1.82) is 0 Å². The lowest BCUT2D eigenvalue weighted by Gasteiger charge is -2.41. The Labute approximate surface area is 198 Å². The number of carbonyl (C=O) groups is 2. The number of esters is 1. The fourth-order valence-electron chi connectivity index (χ4n) is 4.76. The molecule has 0 bridgehead atoms. The Balaban J connectivity index is 1.42. The summed E-state index contributed by atoms with van der Waals surface area (Å²) < 4.78 is 5.90. The van der Waals surface area contributed by atoms with Gasteiger partial charge in [0.2, 0.25) is 0 Å². The largest absolute Gasteiger partial charge is 0.481 e. The van der Waals surface area contributed by atoms with Crippen LogP contribution in [0.1, 0.15) is 17.9 Å².